The molecule has 0 N–H and O–H groups in total. The first-order valence-corrected chi connectivity index (χ1v) is 8.05. The first kappa shape index (κ1) is 15.4. The second kappa shape index (κ2) is 6.18. The Morgan fingerprint density at radius 1 is 1.10 bits per heavy atom. The van der Waals surface area contributed by atoms with Gasteiger partial charge in [-0.1, -0.05) is 53.0 Å². The average molecular weight is 353 g/mol. The van der Waals surface area contributed by atoms with Crippen LogP contribution in [0.25, 0.3) is 0 Å². The highest BCUT2D eigenvalue weighted by atomic mass is 35.5. The number of halogens is 3. The van der Waals surface area contributed by atoms with E-state index in [0.29, 0.717) is 10.6 Å². The Hall–Kier alpha value is -1.01. The summed E-state index contributed by atoms with van der Waals surface area (Å²) in [5.74, 6) is -0.601. The highest BCUT2D eigenvalue weighted by Crippen LogP contribution is 2.27. The van der Waals surface area contributed by atoms with Gasteiger partial charge in [-0.15, -0.1) is 0 Å². The van der Waals surface area contributed by atoms with Gasteiger partial charge in [0.05, 0.1) is 5.02 Å². The summed E-state index contributed by atoms with van der Waals surface area (Å²) in [6.07, 6.45) is 1.24. The molecule has 0 radical (unpaired) electrons. The third-order valence-electron chi connectivity index (χ3n) is 2.27. The Morgan fingerprint density at radius 2 is 1.80 bits per heavy atom. The van der Waals surface area contributed by atoms with Crippen molar-refractivity contribution >= 4 is 44.9 Å². The summed E-state index contributed by atoms with van der Waals surface area (Å²) >= 11 is 17.4. The molecular weight excluding hydrogens is 345 g/mol. The van der Waals surface area contributed by atoms with E-state index in [9.17, 15) is 8.42 Å². The van der Waals surface area contributed by atoms with Gasteiger partial charge in [-0.3, -0.25) is 0 Å². The quantitative estimate of drug-likeness (QED) is 0.782. The number of aromatic nitrogens is 1. The Bertz CT molecular complexity index is 734. The molecule has 106 valence electrons. The number of rotatable bonds is 4. The van der Waals surface area contributed by atoms with E-state index in [4.69, 9.17) is 39.0 Å². The smallest absolute Gasteiger partial charge is 0.315 e. The molecule has 8 heteroatoms. The van der Waals surface area contributed by atoms with Gasteiger partial charge in [-0.2, -0.15) is 8.42 Å². The topological polar surface area (TPSA) is 56.3 Å². The van der Waals surface area contributed by atoms with Gasteiger partial charge in [0.15, 0.2) is 0 Å². The molecule has 0 aliphatic heterocycles. The Labute approximate surface area is 131 Å². The van der Waals surface area contributed by atoms with Crippen molar-refractivity contribution in [3.63, 3.8) is 0 Å². The maximum atomic E-state index is 11.9. The fourth-order valence-electron chi connectivity index (χ4n) is 1.42. The van der Waals surface area contributed by atoms with Crippen LogP contribution >= 0.6 is 34.8 Å². The second-order valence-corrected chi connectivity index (χ2v) is 6.64. The molecule has 1 aromatic heterocycles. The highest BCUT2D eigenvalue weighted by molar-refractivity contribution is 7.86. The molecule has 0 bridgehead atoms. The van der Waals surface area contributed by atoms with Gasteiger partial charge >= 0.3 is 10.1 Å². The lowest BCUT2D eigenvalue weighted by Crippen LogP contribution is -2.13. The van der Waals surface area contributed by atoms with Crippen molar-refractivity contribution in [3.05, 3.63) is 57.2 Å². The zero-order valence-electron chi connectivity index (χ0n) is 9.89. The summed E-state index contributed by atoms with van der Waals surface area (Å²) in [5, 5.41) is 0.640. The molecule has 2 rings (SSSR count). The lowest BCUT2D eigenvalue weighted by Gasteiger charge is -2.08. The van der Waals surface area contributed by atoms with Gasteiger partial charge in [0.1, 0.15) is 10.8 Å². The molecule has 20 heavy (non-hydrogen) atoms. The minimum atomic E-state index is -3.92. The monoisotopic (exact) mass is 351 g/mol. The van der Waals surface area contributed by atoms with Crippen LogP contribution in [-0.2, 0) is 15.9 Å². The minimum Gasteiger partial charge on any atom is -0.360 e. The normalized spacial score (nSPS) is 11.3. The van der Waals surface area contributed by atoms with Gasteiger partial charge in [-0.05, 0) is 17.7 Å². The summed E-state index contributed by atoms with van der Waals surface area (Å²) in [7, 11) is -3.92. The third kappa shape index (κ3) is 3.99. The fourth-order valence-corrected chi connectivity index (χ4v) is 3.23. The van der Waals surface area contributed by atoms with E-state index >= 15 is 0 Å². The fraction of sp³-hybridized carbons (Fsp3) is 0.0833. The van der Waals surface area contributed by atoms with Crippen LogP contribution in [0.1, 0.15) is 5.56 Å². The first-order valence-electron chi connectivity index (χ1n) is 5.34. The molecule has 0 aliphatic carbocycles. The molecule has 0 unspecified atom stereocenters. The third-order valence-corrected chi connectivity index (χ3v) is 4.19. The largest absolute Gasteiger partial charge is 0.360 e. The van der Waals surface area contributed by atoms with Crippen molar-refractivity contribution in [2.24, 2.45) is 0 Å². The SMILES string of the molecule is O=S(=O)(Cc1ccccc1Cl)Oc1ncc(Cl)cc1Cl. The zero-order valence-corrected chi connectivity index (χ0v) is 13.0. The number of benzene rings is 1. The number of hydrogen-bond donors (Lipinski definition) is 0. The van der Waals surface area contributed by atoms with Crippen molar-refractivity contribution < 1.29 is 12.6 Å². The first-order chi connectivity index (χ1) is 9.37. The van der Waals surface area contributed by atoms with E-state index in [2.05, 4.69) is 4.98 Å². The maximum Gasteiger partial charge on any atom is 0.315 e. The second-order valence-electron chi connectivity index (χ2n) is 3.82. The maximum absolute atomic E-state index is 11.9. The van der Waals surface area contributed by atoms with E-state index < -0.39 is 10.1 Å². The van der Waals surface area contributed by atoms with Crippen LogP contribution in [-0.4, -0.2) is 13.4 Å². The highest BCUT2D eigenvalue weighted by Gasteiger charge is 2.18. The number of nitrogens with zero attached hydrogens (tertiary/aromatic N) is 1. The molecule has 0 atom stereocenters. The van der Waals surface area contributed by atoms with Gasteiger partial charge in [0, 0.05) is 11.2 Å². The average Bonchev–Trinajstić information content (AvgIpc) is 2.35. The van der Waals surface area contributed by atoms with E-state index in [1.54, 1.807) is 24.3 Å². The Kier molecular flexibility index (Phi) is 4.75. The van der Waals surface area contributed by atoms with Crippen LogP contribution in [0.4, 0.5) is 0 Å². The van der Waals surface area contributed by atoms with E-state index in [-0.39, 0.29) is 21.7 Å². The molecule has 2 aromatic rings. The molecule has 0 amide bonds. The molecular formula is C12H8Cl3NO3S. The molecule has 1 heterocycles. The lowest BCUT2D eigenvalue weighted by molar-refractivity contribution is 0.475. The van der Waals surface area contributed by atoms with Gasteiger partial charge in [0.2, 0.25) is 0 Å². The molecule has 1 aromatic carbocycles. The van der Waals surface area contributed by atoms with Crippen LogP contribution in [0.3, 0.4) is 0 Å². The number of pyridine rings is 1. The predicted molar refractivity (Wildman–Crippen MR) is 79.0 cm³/mol. The molecule has 0 spiro atoms. The van der Waals surface area contributed by atoms with Crippen molar-refractivity contribution in [3.8, 4) is 5.88 Å². The molecule has 0 saturated heterocycles. The van der Waals surface area contributed by atoms with Crippen LogP contribution in [0.15, 0.2) is 36.5 Å². The van der Waals surface area contributed by atoms with Gasteiger partial charge in [-0.25, -0.2) is 4.98 Å². The summed E-state index contributed by atoms with van der Waals surface area (Å²) in [5.41, 5.74) is 0.430. The van der Waals surface area contributed by atoms with Crippen molar-refractivity contribution in [1.29, 1.82) is 0 Å². The van der Waals surface area contributed by atoms with Crippen LogP contribution in [0, 0.1) is 0 Å². The van der Waals surface area contributed by atoms with E-state index in [1.807, 2.05) is 0 Å². The van der Waals surface area contributed by atoms with Crippen molar-refractivity contribution in [1.82, 2.24) is 4.98 Å². The predicted octanol–water partition coefficient (Wildman–Crippen LogP) is 3.95. The minimum absolute atomic E-state index is 0.0141. The zero-order chi connectivity index (χ0) is 14.8. The van der Waals surface area contributed by atoms with Crippen molar-refractivity contribution in [2.45, 2.75) is 5.75 Å². The summed E-state index contributed by atoms with van der Waals surface area (Å²) in [6, 6.07) is 7.93. The van der Waals surface area contributed by atoms with Crippen LogP contribution in [0.2, 0.25) is 15.1 Å². The molecule has 0 fully saturated rings. The summed E-state index contributed by atoms with van der Waals surface area (Å²) < 4.78 is 28.8. The van der Waals surface area contributed by atoms with Gasteiger partial charge in [0.25, 0.3) is 5.88 Å². The Balaban J connectivity index is 2.22. The molecule has 0 saturated carbocycles. The Morgan fingerprint density at radius 3 is 2.45 bits per heavy atom. The summed E-state index contributed by atoms with van der Waals surface area (Å²) in [6.45, 7) is 0. The van der Waals surface area contributed by atoms with Crippen molar-refractivity contribution in [2.75, 3.05) is 0 Å². The van der Waals surface area contributed by atoms with E-state index in [0.717, 1.165) is 0 Å². The van der Waals surface area contributed by atoms with Gasteiger partial charge < -0.3 is 4.18 Å². The molecule has 0 aliphatic rings. The standard InChI is InChI=1S/C12H8Cl3NO3S/c13-9-5-11(15)12(16-6-9)19-20(17,18)7-8-3-1-2-4-10(8)14/h1-6H,7H2. The summed E-state index contributed by atoms with van der Waals surface area (Å²) in [4.78, 5) is 3.73. The number of hydrogen-bond acceptors (Lipinski definition) is 4. The van der Waals surface area contributed by atoms with Crippen LogP contribution in [0.5, 0.6) is 5.88 Å². The molecule has 4 nitrogen and oxygen atoms in total. The van der Waals surface area contributed by atoms with E-state index in [1.165, 1.54) is 12.3 Å². The lowest BCUT2D eigenvalue weighted by atomic mass is 10.2. The van der Waals surface area contributed by atoms with Crippen LogP contribution < -0.4 is 4.18 Å².